The maximum absolute atomic E-state index is 5.90. The second kappa shape index (κ2) is 9.75. The highest BCUT2D eigenvalue weighted by Crippen LogP contribution is 2.17. The maximum Gasteiger partial charge on any atom is 0.184 e. The normalized spacial score (nSPS) is 22.4. The Morgan fingerprint density at radius 3 is 3.00 bits per heavy atom. The highest BCUT2D eigenvalue weighted by atomic mass is 16.7. The van der Waals surface area contributed by atoms with Gasteiger partial charge >= 0.3 is 0 Å². The fraction of sp³-hybridized carbons (Fsp3) is 0.667. The molecule has 2 atom stereocenters. The predicted octanol–water partition coefficient (Wildman–Crippen LogP) is 3.44. The van der Waals surface area contributed by atoms with Crippen LogP contribution in [0.2, 0.25) is 0 Å². The molecule has 1 rings (SSSR count). The number of aliphatic imine (C=N–C) groups is 1. The average Bonchev–Trinajstić information content (AvgIpc) is 2.44. The van der Waals surface area contributed by atoms with E-state index in [4.69, 9.17) is 14.2 Å². The van der Waals surface area contributed by atoms with E-state index in [0.717, 1.165) is 32.3 Å². The van der Waals surface area contributed by atoms with Crippen molar-refractivity contribution in [1.82, 2.24) is 0 Å². The van der Waals surface area contributed by atoms with Gasteiger partial charge in [0.1, 0.15) is 6.61 Å². The molecular formula is C15H25NO3. The monoisotopic (exact) mass is 267 g/mol. The SMILES string of the molecule is C=CCC(COC(C)=N/C=C\C)OC1CCCCO1. The lowest BCUT2D eigenvalue weighted by Crippen LogP contribution is -2.30. The lowest BCUT2D eigenvalue weighted by molar-refractivity contribution is -0.192. The topological polar surface area (TPSA) is 40.0 Å². The Morgan fingerprint density at radius 1 is 1.53 bits per heavy atom. The summed E-state index contributed by atoms with van der Waals surface area (Å²) in [4.78, 5) is 4.12. The van der Waals surface area contributed by atoms with Gasteiger partial charge in [-0.25, -0.2) is 4.99 Å². The summed E-state index contributed by atoms with van der Waals surface area (Å²) in [6.45, 7) is 8.76. The van der Waals surface area contributed by atoms with Gasteiger partial charge in [0.15, 0.2) is 12.2 Å². The zero-order valence-electron chi connectivity index (χ0n) is 12.0. The molecule has 0 spiro atoms. The van der Waals surface area contributed by atoms with Gasteiger partial charge in [0.2, 0.25) is 0 Å². The van der Waals surface area contributed by atoms with Crippen molar-refractivity contribution in [3.05, 3.63) is 24.9 Å². The molecule has 0 N–H and O–H groups in total. The summed E-state index contributed by atoms with van der Waals surface area (Å²) in [6, 6.07) is 0. The summed E-state index contributed by atoms with van der Waals surface area (Å²) < 4.78 is 17.0. The Labute approximate surface area is 116 Å². The van der Waals surface area contributed by atoms with E-state index in [9.17, 15) is 0 Å². The van der Waals surface area contributed by atoms with Gasteiger partial charge < -0.3 is 14.2 Å². The van der Waals surface area contributed by atoms with E-state index in [0.29, 0.717) is 12.5 Å². The van der Waals surface area contributed by atoms with Crippen LogP contribution >= 0.6 is 0 Å². The van der Waals surface area contributed by atoms with Gasteiger partial charge in [0.25, 0.3) is 0 Å². The second-order valence-electron chi connectivity index (χ2n) is 4.52. The number of nitrogens with zero attached hydrogens (tertiary/aromatic N) is 1. The van der Waals surface area contributed by atoms with Gasteiger partial charge in [-0.2, -0.15) is 0 Å². The fourth-order valence-electron chi connectivity index (χ4n) is 1.81. The molecule has 0 aromatic rings. The Hall–Kier alpha value is -1.13. The lowest BCUT2D eigenvalue weighted by Gasteiger charge is -2.27. The zero-order valence-corrected chi connectivity index (χ0v) is 12.0. The molecule has 4 heteroatoms. The molecule has 1 saturated heterocycles. The second-order valence-corrected chi connectivity index (χ2v) is 4.52. The summed E-state index contributed by atoms with van der Waals surface area (Å²) >= 11 is 0. The minimum absolute atomic E-state index is 0.0312. The van der Waals surface area contributed by atoms with Crippen molar-refractivity contribution >= 4 is 5.90 Å². The van der Waals surface area contributed by atoms with Crippen LogP contribution < -0.4 is 0 Å². The van der Waals surface area contributed by atoms with Gasteiger partial charge in [0, 0.05) is 19.7 Å². The molecule has 1 aliphatic heterocycles. The zero-order chi connectivity index (χ0) is 13.9. The van der Waals surface area contributed by atoms with Crippen molar-refractivity contribution in [3.8, 4) is 0 Å². The van der Waals surface area contributed by atoms with Gasteiger partial charge in [-0.15, -0.1) is 6.58 Å². The minimum atomic E-state index is -0.102. The molecule has 1 fully saturated rings. The molecule has 0 amide bonds. The molecule has 0 aliphatic carbocycles. The van der Waals surface area contributed by atoms with Crippen molar-refractivity contribution in [2.45, 2.75) is 51.9 Å². The van der Waals surface area contributed by atoms with Crippen LogP contribution in [0.4, 0.5) is 0 Å². The number of allylic oxidation sites excluding steroid dienone is 1. The van der Waals surface area contributed by atoms with E-state index < -0.39 is 0 Å². The summed E-state index contributed by atoms with van der Waals surface area (Å²) in [6.07, 6.45) is 9.27. The molecule has 4 nitrogen and oxygen atoms in total. The number of hydrogen-bond acceptors (Lipinski definition) is 4. The molecule has 0 aromatic heterocycles. The third-order valence-corrected chi connectivity index (χ3v) is 2.80. The quantitative estimate of drug-likeness (QED) is 0.403. The smallest absolute Gasteiger partial charge is 0.184 e. The highest BCUT2D eigenvalue weighted by Gasteiger charge is 2.19. The Bertz CT molecular complexity index is 307. The van der Waals surface area contributed by atoms with Crippen molar-refractivity contribution in [2.75, 3.05) is 13.2 Å². The molecule has 1 heterocycles. The first kappa shape index (κ1) is 15.9. The van der Waals surface area contributed by atoms with E-state index in [1.54, 1.807) is 6.20 Å². The van der Waals surface area contributed by atoms with Crippen LogP contribution in [0.3, 0.4) is 0 Å². The standard InChI is InChI=1S/C15H25NO3/c1-4-8-14(12-18-13(3)16-10-5-2)19-15-9-6-7-11-17-15/h4-5,10,14-15H,1,6-9,11-12H2,2-3H3/b10-5-,16-13?. The van der Waals surface area contributed by atoms with Crippen LogP contribution in [0.15, 0.2) is 29.9 Å². The summed E-state index contributed by atoms with van der Waals surface area (Å²) in [7, 11) is 0. The lowest BCUT2D eigenvalue weighted by atomic mass is 10.2. The molecule has 1 aliphatic rings. The van der Waals surface area contributed by atoms with Crippen LogP contribution in [0, 0.1) is 0 Å². The van der Waals surface area contributed by atoms with Crippen molar-refractivity contribution in [3.63, 3.8) is 0 Å². The van der Waals surface area contributed by atoms with Crippen LogP contribution in [0.25, 0.3) is 0 Å². The van der Waals surface area contributed by atoms with E-state index in [2.05, 4.69) is 11.6 Å². The van der Waals surface area contributed by atoms with Crippen molar-refractivity contribution < 1.29 is 14.2 Å². The third-order valence-electron chi connectivity index (χ3n) is 2.80. The number of ether oxygens (including phenoxy) is 3. The molecule has 0 bridgehead atoms. The minimum Gasteiger partial charge on any atom is -0.478 e. The van der Waals surface area contributed by atoms with Gasteiger partial charge in [0.05, 0.1) is 6.10 Å². The van der Waals surface area contributed by atoms with Gasteiger partial charge in [-0.3, -0.25) is 0 Å². The van der Waals surface area contributed by atoms with E-state index >= 15 is 0 Å². The van der Waals surface area contributed by atoms with Gasteiger partial charge in [-0.1, -0.05) is 12.2 Å². The number of hydrogen-bond donors (Lipinski definition) is 0. The van der Waals surface area contributed by atoms with Crippen LogP contribution in [-0.4, -0.2) is 31.5 Å². The van der Waals surface area contributed by atoms with Gasteiger partial charge in [-0.05, 0) is 32.6 Å². The molecule has 0 radical (unpaired) electrons. The Kier molecular flexibility index (Phi) is 8.18. The molecule has 0 aromatic carbocycles. The van der Waals surface area contributed by atoms with E-state index in [-0.39, 0.29) is 12.4 Å². The summed E-state index contributed by atoms with van der Waals surface area (Å²) in [5.74, 6) is 0.639. The molecule has 2 unspecified atom stereocenters. The fourth-order valence-corrected chi connectivity index (χ4v) is 1.81. The van der Waals surface area contributed by atoms with E-state index in [1.165, 1.54) is 0 Å². The molecule has 108 valence electrons. The van der Waals surface area contributed by atoms with Crippen LogP contribution in [-0.2, 0) is 14.2 Å². The van der Waals surface area contributed by atoms with Crippen molar-refractivity contribution in [2.24, 2.45) is 4.99 Å². The average molecular weight is 267 g/mol. The first-order valence-electron chi connectivity index (χ1n) is 6.92. The van der Waals surface area contributed by atoms with Crippen molar-refractivity contribution in [1.29, 1.82) is 0 Å². The Balaban J connectivity index is 2.36. The first-order valence-corrected chi connectivity index (χ1v) is 6.92. The van der Waals surface area contributed by atoms with Crippen LogP contribution in [0.1, 0.15) is 39.5 Å². The van der Waals surface area contributed by atoms with E-state index in [1.807, 2.05) is 26.0 Å². The summed E-state index contributed by atoms with van der Waals surface area (Å²) in [5.41, 5.74) is 0. The molecular weight excluding hydrogens is 242 g/mol. The van der Waals surface area contributed by atoms with Crippen LogP contribution in [0.5, 0.6) is 0 Å². The Morgan fingerprint density at radius 2 is 2.37 bits per heavy atom. The molecule has 19 heavy (non-hydrogen) atoms. The number of rotatable bonds is 7. The predicted molar refractivity (Wildman–Crippen MR) is 77.2 cm³/mol. The maximum atomic E-state index is 5.90. The summed E-state index contributed by atoms with van der Waals surface area (Å²) in [5, 5.41) is 0. The largest absolute Gasteiger partial charge is 0.478 e. The third kappa shape index (κ3) is 7.13. The first-order chi connectivity index (χ1) is 9.26. The highest BCUT2D eigenvalue weighted by molar-refractivity contribution is 5.73. The molecule has 0 saturated carbocycles.